The third-order valence-electron chi connectivity index (χ3n) is 3.52. The second kappa shape index (κ2) is 9.72. The third-order valence-corrected chi connectivity index (χ3v) is 3.52. The van der Waals surface area contributed by atoms with Gasteiger partial charge in [-0.3, -0.25) is 14.5 Å². The fraction of sp³-hybridized carbons (Fsp3) is 0.857. The largest absolute Gasteiger partial charge is 0.385 e. The minimum absolute atomic E-state index is 0.0533. The molecule has 2 N–H and O–H groups in total. The molecule has 0 radical (unpaired) electrons. The van der Waals surface area contributed by atoms with Crippen LogP contribution in [0.2, 0.25) is 0 Å². The van der Waals surface area contributed by atoms with Crippen molar-refractivity contribution < 1.29 is 14.3 Å². The maximum Gasteiger partial charge on any atom is 0.234 e. The number of nitrogens with zero attached hydrogens (tertiary/aromatic N) is 1. The van der Waals surface area contributed by atoms with Crippen LogP contribution in [-0.4, -0.2) is 63.2 Å². The van der Waals surface area contributed by atoms with E-state index in [0.29, 0.717) is 26.2 Å². The summed E-state index contributed by atoms with van der Waals surface area (Å²) in [6.07, 6.45) is 2.51. The van der Waals surface area contributed by atoms with Gasteiger partial charge in [-0.2, -0.15) is 0 Å². The summed E-state index contributed by atoms with van der Waals surface area (Å²) in [5.41, 5.74) is 0. The minimum atomic E-state index is 0.0533. The number of rotatable bonds is 8. The van der Waals surface area contributed by atoms with Crippen LogP contribution in [-0.2, 0) is 14.3 Å². The lowest BCUT2D eigenvalue weighted by molar-refractivity contribution is -0.126. The van der Waals surface area contributed by atoms with Gasteiger partial charge < -0.3 is 15.4 Å². The fourth-order valence-electron chi connectivity index (χ4n) is 2.38. The first-order valence-electron chi connectivity index (χ1n) is 7.43. The third kappa shape index (κ3) is 6.34. The molecular formula is C14H27N3O3. The van der Waals surface area contributed by atoms with Crippen LogP contribution in [0.1, 0.15) is 26.2 Å². The molecule has 20 heavy (non-hydrogen) atoms. The van der Waals surface area contributed by atoms with Gasteiger partial charge in [-0.05, 0) is 39.3 Å². The zero-order valence-electron chi connectivity index (χ0n) is 12.6. The Kier molecular flexibility index (Phi) is 8.22. The Bertz CT molecular complexity index is 302. The molecule has 1 heterocycles. The van der Waals surface area contributed by atoms with E-state index >= 15 is 0 Å². The van der Waals surface area contributed by atoms with Crippen molar-refractivity contribution >= 4 is 11.8 Å². The zero-order chi connectivity index (χ0) is 14.8. The standard InChI is InChI=1S/C14H27N3O3/c1-3-15-14(19)12-5-8-17(9-6-12)11-13(18)16-7-4-10-20-2/h12H,3-11H2,1-2H3,(H,15,19)(H,16,18). The predicted molar refractivity (Wildman–Crippen MR) is 77.4 cm³/mol. The molecule has 6 heteroatoms. The van der Waals surface area contributed by atoms with Crippen LogP contribution < -0.4 is 10.6 Å². The lowest BCUT2D eigenvalue weighted by atomic mass is 9.96. The summed E-state index contributed by atoms with van der Waals surface area (Å²) in [5, 5.41) is 5.74. The van der Waals surface area contributed by atoms with Crippen molar-refractivity contribution in [1.29, 1.82) is 0 Å². The molecule has 1 fully saturated rings. The number of carbonyl (C=O) groups excluding carboxylic acids is 2. The van der Waals surface area contributed by atoms with Crippen molar-refractivity contribution in [2.75, 3.05) is 46.4 Å². The van der Waals surface area contributed by atoms with Crippen molar-refractivity contribution in [3.05, 3.63) is 0 Å². The van der Waals surface area contributed by atoms with Gasteiger partial charge in [0, 0.05) is 32.7 Å². The monoisotopic (exact) mass is 285 g/mol. The van der Waals surface area contributed by atoms with Gasteiger partial charge in [0.15, 0.2) is 0 Å². The summed E-state index contributed by atoms with van der Waals surface area (Å²) in [7, 11) is 1.65. The molecule has 1 aliphatic rings. The van der Waals surface area contributed by atoms with E-state index in [0.717, 1.165) is 32.4 Å². The van der Waals surface area contributed by atoms with Crippen LogP contribution in [0.3, 0.4) is 0 Å². The summed E-state index contributed by atoms with van der Waals surface area (Å²) in [5.74, 6) is 0.310. The summed E-state index contributed by atoms with van der Waals surface area (Å²) in [4.78, 5) is 25.5. The summed E-state index contributed by atoms with van der Waals surface area (Å²) < 4.78 is 4.93. The normalized spacial score (nSPS) is 16.9. The van der Waals surface area contributed by atoms with E-state index in [1.165, 1.54) is 0 Å². The van der Waals surface area contributed by atoms with Crippen LogP contribution in [0.15, 0.2) is 0 Å². The van der Waals surface area contributed by atoms with Crippen molar-refractivity contribution in [3.63, 3.8) is 0 Å². The van der Waals surface area contributed by atoms with Gasteiger partial charge >= 0.3 is 0 Å². The molecule has 0 aromatic heterocycles. The van der Waals surface area contributed by atoms with E-state index in [4.69, 9.17) is 4.74 Å². The Balaban J connectivity index is 2.15. The van der Waals surface area contributed by atoms with Crippen molar-refractivity contribution in [1.82, 2.24) is 15.5 Å². The number of carbonyl (C=O) groups is 2. The van der Waals surface area contributed by atoms with Crippen LogP contribution in [0.25, 0.3) is 0 Å². The number of hydrogen-bond donors (Lipinski definition) is 2. The first-order valence-corrected chi connectivity index (χ1v) is 7.43. The number of methoxy groups -OCH3 is 1. The second-order valence-corrected chi connectivity index (χ2v) is 5.14. The van der Waals surface area contributed by atoms with Gasteiger partial charge in [0.25, 0.3) is 0 Å². The second-order valence-electron chi connectivity index (χ2n) is 5.14. The molecule has 0 bridgehead atoms. The molecule has 1 rings (SSSR count). The first kappa shape index (κ1) is 16.9. The number of piperidine rings is 1. The van der Waals surface area contributed by atoms with Gasteiger partial charge in [-0.25, -0.2) is 0 Å². The van der Waals surface area contributed by atoms with Gasteiger partial charge in [0.05, 0.1) is 6.54 Å². The summed E-state index contributed by atoms with van der Waals surface area (Å²) >= 11 is 0. The van der Waals surface area contributed by atoms with Crippen molar-refractivity contribution in [2.24, 2.45) is 5.92 Å². The Hall–Kier alpha value is -1.14. The van der Waals surface area contributed by atoms with E-state index in [1.54, 1.807) is 7.11 Å². The number of nitrogens with one attached hydrogen (secondary N) is 2. The average molecular weight is 285 g/mol. The molecule has 0 atom stereocenters. The van der Waals surface area contributed by atoms with Crippen LogP contribution in [0, 0.1) is 5.92 Å². The molecule has 0 spiro atoms. The highest BCUT2D eigenvalue weighted by Gasteiger charge is 2.25. The minimum Gasteiger partial charge on any atom is -0.385 e. The van der Waals surface area contributed by atoms with E-state index in [9.17, 15) is 9.59 Å². The van der Waals surface area contributed by atoms with Gasteiger partial charge in [0.1, 0.15) is 0 Å². The predicted octanol–water partition coefficient (Wildman–Crippen LogP) is -0.0128. The highest BCUT2D eigenvalue weighted by molar-refractivity contribution is 5.79. The molecule has 2 amide bonds. The van der Waals surface area contributed by atoms with Crippen LogP contribution in [0.5, 0.6) is 0 Å². The highest BCUT2D eigenvalue weighted by Crippen LogP contribution is 2.16. The summed E-state index contributed by atoms with van der Waals surface area (Å²) in [6.45, 7) is 5.99. The van der Waals surface area contributed by atoms with Gasteiger partial charge in [0.2, 0.25) is 11.8 Å². The molecule has 1 saturated heterocycles. The quantitative estimate of drug-likeness (QED) is 0.615. The fourth-order valence-corrected chi connectivity index (χ4v) is 2.38. The molecule has 0 saturated carbocycles. The highest BCUT2D eigenvalue weighted by atomic mass is 16.5. The molecule has 116 valence electrons. The average Bonchev–Trinajstić information content (AvgIpc) is 2.45. The summed E-state index contributed by atoms with van der Waals surface area (Å²) in [6, 6.07) is 0. The van der Waals surface area contributed by atoms with Crippen LogP contribution >= 0.6 is 0 Å². The lowest BCUT2D eigenvalue weighted by Gasteiger charge is -2.30. The smallest absolute Gasteiger partial charge is 0.234 e. The molecular weight excluding hydrogens is 258 g/mol. The van der Waals surface area contributed by atoms with Crippen LogP contribution in [0.4, 0.5) is 0 Å². The Labute approximate surface area is 121 Å². The maximum absolute atomic E-state index is 11.7. The maximum atomic E-state index is 11.7. The zero-order valence-corrected chi connectivity index (χ0v) is 12.6. The molecule has 0 aromatic carbocycles. The topological polar surface area (TPSA) is 70.7 Å². The van der Waals surface area contributed by atoms with Gasteiger partial charge in [-0.1, -0.05) is 0 Å². The Morgan fingerprint density at radius 1 is 1.25 bits per heavy atom. The Morgan fingerprint density at radius 2 is 1.95 bits per heavy atom. The van der Waals surface area contributed by atoms with E-state index in [2.05, 4.69) is 15.5 Å². The first-order chi connectivity index (χ1) is 9.67. The van der Waals surface area contributed by atoms with E-state index < -0.39 is 0 Å². The SMILES string of the molecule is CCNC(=O)C1CCN(CC(=O)NCCCOC)CC1. The van der Waals surface area contributed by atoms with Crippen molar-refractivity contribution in [3.8, 4) is 0 Å². The number of likely N-dealkylation sites (tertiary alicyclic amines) is 1. The molecule has 0 aliphatic carbocycles. The number of ether oxygens (including phenoxy) is 1. The number of amides is 2. The van der Waals surface area contributed by atoms with Crippen molar-refractivity contribution in [2.45, 2.75) is 26.2 Å². The lowest BCUT2D eigenvalue weighted by Crippen LogP contribution is -2.44. The van der Waals surface area contributed by atoms with E-state index in [-0.39, 0.29) is 17.7 Å². The molecule has 6 nitrogen and oxygen atoms in total. The molecule has 0 aromatic rings. The Morgan fingerprint density at radius 3 is 2.55 bits per heavy atom. The number of hydrogen-bond acceptors (Lipinski definition) is 4. The molecule has 0 unspecified atom stereocenters. The van der Waals surface area contributed by atoms with Gasteiger partial charge in [-0.15, -0.1) is 0 Å². The molecule has 1 aliphatic heterocycles. The van der Waals surface area contributed by atoms with E-state index in [1.807, 2.05) is 6.92 Å².